The second-order valence-electron chi connectivity index (χ2n) is 2.94. The summed E-state index contributed by atoms with van der Waals surface area (Å²) in [7, 11) is 1.39. The van der Waals surface area contributed by atoms with Gasteiger partial charge in [0, 0.05) is 7.11 Å². The molecular formula is C9H12N2O5. The smallest absolute Gasteiger partial charge is 0.355 e. The average molecular weight is 228 g/mol. The number of carbonyl (C=O) groups excluding carboxylic acids is 1. The number of H-pyrrole nitrogens is 1. The first kappa shape index (κ1) is 12.2. The van der Waals surface area contributed by atoms with E-state index in [-0.39, 0.29) is 30.2 Å². The largest absolute Gasteiger partial charge is 0.461 e. The van der Waals surface area contributed by atoms with E-state index in [1.165, 1.54) is 7.11 Å². The van der Waals surface area contributed by atoms with Gasteiger partial charge in [-0.25, -0.2) is 4.79 Å². The topological polar surface area (TPSA) is 94.5 Å². The van der Waals surface area contributed by atoms with E-state index < -0.39 is 10.9 Å². The number of ether oxygens (including phenoxy) is 2. The summed E-state index contributed by atoms with van der Waals surface area (Å²) in [4.78, 5) is 24.1. The predicted molar refractivity (Wildman–Crippen MR) is 54.1 cm³/mol. The summed E-state index contributed by atoms with van der Waals surface area (Å²) in [5.74, 6) is -0.623. The van der Waals surface area contributed by atoms with Gasteiger partial charge in [0.15, 0.2) is 0 Å². The normalized spacial score (nSPS) is 10.1. The van der Waals surface area contributed by atoms with Gasteiger partial charge in [-0.3, -0.25) is 10.1 Å². The van der Waals surface area contributed by atoms with E-state index in [9.17, 15) is 14.9 Å². The van der Waals surface area contributed by atoms with Crippen LogP contribution >= 0.6 is 0 Å². The fourth-order valence-corrected chi connectivity index (χ4v) is 1.28. The van der Waals surface area contributed by atoms with Crippen molar-refractivity contribution >= 4 is 11.7 Å². The van der Waals surface area contributed by atoms with Crippen LogP contribution in [0.2, 0.25) is 0 Å². The van der Waals surface area contributed by atoms with Crippen molar-refractivity contribution in [2.45, 2.75) is 13.5 Å². The second kappa shape index (κ2) is 5.26. The van der Waals surface area contributed by atoms with Crippen molar-refractivity contribution in [3.63, 3.8) is 0 Å². The van der Waals surface area contributed by atoms with Gasteiger partial charge in [0.25, 0.3) is 5.69 Å². The average Bonchev–Trinajstić information content (AvgIpc) is 2.62. The number of esters is 1. The van der Waals surface area contributed by atoms with Gasteiger partial charge in [0.1, 0.15) is 5.69 Å². The number of aromatic nitrogens is 1. The van der Waals surface area contributed by atoms with Crippen LogP contribution in [0, 0.1) is 10.1 Å². The molecule has 0 aliphatic heterocycles. The Labute approximate surface area is 91.5 Å². The van der Waals surface area contributed by atoms with Gasteiger partial charge in [0.2, 0.25) is 0 Å². The molecular weight excluding hydrogens is 216 g/mol. The van der Waals surface area contributed by atoms with E-state index in [1.54, 1.807) is 6.92 Å². The highest BCUT2D eigenvalue weighted by Crippen LogP contribution is 2.23. The Morgan fingerprint density at radius 2 is 2.31 bits per heavy atom. The van der Waals surface area contributed by atoms with Crippen molar-refractivity contribution in [3.8, 4) is 0 Å². The SMILES string of the molecule is CCOC(=O)c1[nH]cc([N+](=O)[O-])c1COC. The summed E-state index contributed by atoms with van der Waals surface area (Å²) in [6.07, 6.45) is 1.15. The van der Waals surface area contributed by atoms with E-state index >= 15 is 0 Å². The van der Waals surface area contributed by atoms with E-state index in [2.05, 4.69) is 4.98 Å². The first-order valence-electron chi connectivity index (χ1n) is 4.62. The zero-order valence-corrected chi connectivity index (χ0v) is 8.98. The molecule has 0 aliphatic carbocycles. The first-order chi connectivity index (χ1) is 7.61. The lowest BCUT2D eigenvalue weighted by Gasteiger charge is -2.02. The summed E-state index contributed by atoms with van der Waals surface area (Å²) in [6, 6.07) is 0. The fourth-order valence-electron chi connectivity index (χ4n) is 1.28. The molecule has 1 aromatic heterocycles. The Bertz CT molecular complexity index is 399. The molecule has 0 radical (unpaired) electrons. The maximum atomic E-state index is 11.4. The van der Waals surface area contributed by atoms with Gasteiger partial charge >= 0.3 is 5.97 Å². The summed E-state index contributed by atoms with van der Waals surface area (Å²) < 4.78 is 9.57. The van der Waals surface area contributed by atoms with Crippen molar-refractivity contribution in [1.29, 1.82) is 0 Å². The van der Waals surface area contributed by atoms with Crippen LogP contribution in [0.1, 0.15) is 23.0 Å². The number of nitrogens with one attached hydrogen (secondary N) is 1. The van der Waals surface area contributed by atoms with E-state index in [4.69, 9.17) is 9.47 Å². The van der Waals surface area contributed by atoms with Crippen LogP contribution in [0.4, 0.5) is 5.69 Å². The molecule has 16 heavy (non-hydrogen) atoms. The van der Waals surface area contributed by atoms with Crippen molar-refractivity contribution in [3.05, 3.63) is 27.6 Å². The summed E-state index contributed by atoms with van der Waals surface area (Å²) in [5.41, 5.74) is 0.0891. The van der Waals surface area contributed by atoms with Gasteiger partial charge in [0.05, 0.1) is 29.9 Å². The zero-order valence-electron chi connectivity index (χ0n) is 8.98. The fraction of sp³-hybridized carbons (Fsp3) is 0.444. The van der Waals surface area contributed by atoms with Gasteiger partial charge in [-0.15, -0.1) is 0 Å². The molecule has 0 unspecified atom stereocenters. The van der Waals surface area contributed by atoms with Gasteiger partial charge < -0.3 is 14.5 Å². The molecule has 0 atom stereocenters. The molecule has 0 saturated carbocycles. The van der Waals surface area contributed by atoms with Gasteiger partial charge in [-0.1, -0.05) is 0 Å². The summed E-state index contributed by atoms with van der Waals surface area (Å²) >= 11 is 0. The molecule has 0 fully saturated rings. The molecule has 0 bridgehead atoms. The number of carbonyl (C=O) groups is 1. The summed E-state index contributed by atoms with van der Waals surface area (Å²) in [5, 5.41) is 10.7. The Morgan fingerprint density at radius 3 is 2.81 bits per heavy atom. The molecule has 88 valence electrons. The zero-order chi connectivity index (χ0) is 12.1. The van der Waals surface area contributed by atoms with Crippen LogP contribution in [0.3, 0.4) is 0 Å². The van der Waals surface area contributed by atoms with E-state index in [1.807, 2.05) is 0 Å². The minimum Gasteiger partial charge on any atom is -0.461 e. The highest BCUT2D eigenvalue weighted by atomic mass is 16.6. The summed E-state index contributed by atoms with van der Waals surface area (Å²) in [6.45, 7) is 1.84. The number of hydrogen-bond acceptors (Lipinski definition) is 5. The maximum absolute atomic E-state index is 11.4. The Hall–Kier alpha value is -1.89. The molecule has 0 aromatic carbocycles. The maximum Gasteiger partial charge on any atom is 0.355 e. The molecule has 1 N–H and O–H groups in total. The Balaban J connectivity index is 3.09. The number of rotatable bonds is 5. The molecule has 0 amide bonds. The number of hydrogen-bond donors (Lipinski definition) is 1. The number of aromatic amines is 1. The third-order valence-corrected chi connectivity index (χ3v) is 1.93. The quantitative estimate of drug-likeness (QED) is 0.465. The molecule has 1 rings (SSSR count). The Morgan fingerprint density at radius 1 is 1.62 bits per heavy atom. The van der Waals surface area contributed by atoms with E-state index in [0.29, 0.717) is 0 Å². The van der Waals surface area contributed by atoms with Gasteiger partial charge in [-0.2, -0.15) is 0 Å². The lowest BCUT2D eigenvalue weighted by Crippen LogP contribution is -2.08. The lowest BCUT2D eigenvalue weighted by atomic mass is 10.2. The lowest BCUT2D eigenvalue weighted by molar-refractivity contribution is -0.385. The minimum absolute atomic E-state index is 0.0199. The molecule has 1 heterocycles. The molecule has 1 aromatic rings. The third kappa shape index (κ3) is 2.37. The van der Waals surface area contributed by atoms with Crippen LogP contribution in [0.15, 0.2) is 6.20 Å². The van der Waals surface area contributed by atoms with Gasteiger partial charge in [-0.05, 0) is 6.92 Å². The van der Waals surface area contributed by atoms with Crippen LogP contribution < -0.4 is 0 Å². The predicted octanol–water partition coefficient (Wildman–Crippen LogP) is 1.25. The second-order valence-corrected chi connectivity index (χ2v) is 2.94. The van der Waals surface area contributed by atoms with Crippen LogP contribution in [-0.2, 0) is 16.1 Å². The van der Waals surface area contributed by atoms with Crippen LogP contribution in [-0.4, -0.2) is 29.6 Å². The standard InChI is InChI=1S/C9H12N2O5/c1-3-16-9(12)8-6(5-15-2)7(4-10-8)11(13)14/h4,10H,3,5H2,1-2H3. The number of methoxy groups -OCH3 is 1. The van der Waals surface area contributed by atoms with Crippen LogP contribution in [0.5, 0.6) is 0 Å². The minimum atomic E-state index is -0.623. The highest BCUT2D eigenvalue weighted by Gasteiger charge is 2.24. The van der Waals surface area contributed by atoms with Crippen molar-refractivity contribution < 1.29 is 19.2 Å². The molecule has 0 saturated heterocycles. The third-order valence-electron chi connectivity index (χ3n) is 1.93. The first-order valence-corrected chi connectivity index (χ1v) is 4.62. The molecule has 0 aliphatic rings. The molecule has 7 nitrogen and oxygen atoms in total. The number of nitro groups is 1. The molecule has 0 spiro atoms. The highest BCUT2D eigenvalue weighted by molar-refractivity contribution is 5.90. The van der Waals surface area contributed by atoms with Crippen molar-refractivity contribution in [2.75, 3.05) is 13.7 Å². The molecule has 7 heteroatoms. The Kier molecular flexibility index (Phi) is 4.01. The van der Waals surface area contributed by atoms with Crippen molar-refractivity contribution in [2.24, 2.45) is 0 Å². The van der Waals surface area contributed by atoms with Crippen LogP contribution in [0.25, 0.3) is 0 Å². The van der Waals surface area contributed by atoms with E-state index in [0.717, 1.165) is 6.20 Å². The number of nitrogens with zero attached hydrogens (tertiary/aromatic N) is 1. The van der Waals surface area contributed by atoms with Crippen molar-refractivity contribution in [1.82, 2.24) is 4.98 Å². The monoisotopic (exact) mass is 228 g/mol.